The van der Waals surface area contributed by atoms with E-state index in [0.29, 0.717) is 0 Å². The molecule has 0 bridgehead atoms. The summed E-state index contributed by atoms with van der Waals surface area (Å²) in [4.78, 5) is 24.2. The standard InChI is InChI=1S/C10H14F3N3O2/c1-9(5-4-6(5)10(11,12)13)7(17)15-2-3-16(9)8(14)18/h5-6H,2-4H2,1H3,(H2,14,18)(H,15,17)/t5-,6-,9?/m1/s1. The van der Waals surface area contributed by atoms with E-state index in [4.69, 9.17) is 5.73 Å². The fraction of sp³-hybridized carbons (Fsp3) is 0.800. The number of rotatable bonds is 1. The zero-order valence-corrected chi connectivity index (χ0v) is 9.75. The van der Waals surface area contributed by atoms with E-state index in [-0.39, 0.29) is 19.5 Å². The molecular formula is C10H14F3N3O2. The van der Waals surface area contributed by atoms with Gasteiger partial charge in [0.25, 0.3) is 0 Å². The third-order valence-corrected chi connectivity index (χ3v) is 3.84. The van der Waals surface area contributed by atoms with Crippen molar-refractivity contribution in [1.82, 2.24) is 10.2 Å². The van der Waals surface area contributed by atoms with Crippen LogP contribution in [0.2, 0.25) is 0 Å². The number of carbonyl (C=O) groups is 2. The second-order valence-electron chi connectivity index (χ2n) is 4.88. The molecule has 0 aromatic carbocycles. The van der Waals surface area contributed by atoms with Crippen molar-refractivity contribution in [2.24, 2.45) is 17.6 Å². The van der Waals surface area contributed by atoms with Crippen LogP contribution in [-0.2, 0) is 4.79 Å². The zero-order valence-electron chi connectivity index (χ0n) is 9.75. The van der Waals surface area contributed by atoms with Gasteiger partial charge in [-0.05, 0) is 13.3 Å². The summed E-state index contributed by atoms with van der Waals surface area (Å²) in [7, 11) is 0. The molecule has 3 N–H and O–H groups in total. The number of nitrogens with one attached hydrogen (secondary N) is 1. The van der Waals surface area contributed by atoms with Gasteiger partial charge in [0.2, 0.25) is 5.91 Å². The van der Waals surface area contributed by atoms with Crippen molar-refractivity contribution in [2.75, 3.05) is 13.1 Å². The summed E-state index contributed by atoms with van der Waals surface area (Å²) >= 11 is 0. The minimum Gasteiger partial charge on any atom is -0.352 e. The summed E-state index contributed by atoms with van der Waals surface area (Å²) in [5, 5.41) is 2.50. The minimum atomic E-state index is -4.34. The molecule has 5 nitrogen and oxygen atoms in total. The maximum Gasteiger partial charge on any atom is 0.392 e. The molecule has 1 heterocycles. The number of alkyl halides is 3. The first-order valence-electron chi connectivity index (χ1n) is 5.61. The van der Waals surface area contributed by atoms with Gasteiger partial charge in [0.05, 0.1) is 5.92 Å². The Morgan fingerprint density at radius 3 is 2.61 bits per heavy atom. The van der Waals surface area contributed by atoms with Crippen molar-refractivity contribution in [3.05, 3.63) is 0 Å². The smallest absolute Gasteiger partial charge is 0.352 e. The van der Waals surface area contributed by atoms with Crippen molar-refractivity contribution in [2.45, 2.75) is 25.1 Å². The normalized spacial score (nSPS) is 36.2. The number of carbonyl (C=O) groups excluding carboxylic acids is 2. The Morgan fingerprint density at radius 1 is 1.56 bits per heavy atom. The maximum atomic E-state index is 12.6. The number of halogens is 3. The SMILES string of the molecule is CC1([C@@H]2C[C@H]2C(F)(F)F)C(=O)NCCN1C(N)=O. The molecule has 2 rings (SSSR count). The van der Waals surface area contributed by atoms with Gasteiger partial charge < -0.3 is 16.0 Å². The first-order chi connectivity index (χ1) is 8.19. The van der Waals surface area contributed by atoms with Gasteiger partial charge in [-0.15, -0.1) is 0 Å². The van der Waals surface area contributed by atoms with Gasteiger partial charge in [-0.3, -0.25) is 4.79 Å². The lowest BCUT2D eigenvalue weighted by Gasteiger charge is -2.43. The minimum absolute atomic E-state index is 0.138. The number of primary amides is 1. The van der Waals surface area contributed by atoms with Crippen molar-refractivity contribution < 1.29 is 22.8 Å². The predicted molar refractivity (Wildman–Crippen MR) is 55.4 cm³/mol. The summed E-state index contributed by atoms with van der Waals surface area (Å²) in [6, 6.07) is -0.861. The van der Waals surface area contributed by atoms with Crippen LogP contribution in [-0.4, -0.2) is 41.6 Å². The molecule has 0 aromatic rings. The largest absolute Gasteiger partial charge is 0.392 e. The van der Waals surface area contributed by atoms with Crippen LogP contribution < -0.4 is 11.1 Å². The molecule has 1 aliphatic heterocycles. The van der Waals surface area contributed by atoms with E-state index in [1.54, 1.807) is 0 Å². The number of nitrogens with two attached hydrogens (primary N) is 1. The monoisotopic (exact) mass is 265 g/mol. The molecular weight excluding hydrogens is 251 g/mol. The van der Waals surface area contributed by atoms with Gasteiger partial charge in [0.1, 0.15) is 5.54 Å². The maximum absolute atomic E-state index is 12.6. The number of hydrogen-bond donors (Lipinski definition) is 2. The molecule has 1 aliphatic carbocycles. The van der Waals surface area contributed by atoms with E-state index < -0.39 is 35.5 Å². The number of amides is 3. The average Bonchev–Trinajstić information content (AvgIpc) is 3.00. The van der Waals surface area contributed by atoms with Crippen LogP contribution in [0.25, 0.3) is 0 Å². The molecule has 1 saturated carbocycles. The molecule has 3 atom stereocenters. The molecule has 1 saturated heterocycles. The molecule has 102 valence electrons. The number of urea groups is 1. The Morgan fingerprint density at radius 2 is 2.17 bits per heavy atom. The van der Waals surface area contributed by atoms with Crippen LogP contribution >= 0.6 is 0 Å². The highest BCUT2D eigenvalue weighted by Crippen LogP contribution is 2.56. The lowest BCUT2D eigenvalue weighted by molar-refractivity contribution is -0.158. The van der Waals surface area contributed by atoms with E-state index in [9.17, 15) is 22.8 Å². The van der Waals surface area contributed by atoms with Crippen LogP contribution in [0.3, 0.4) is 0 Å². The van der Waals surface area contributed by atoms with E-state index in [2.05, 4.69) is 5.32 Å². The first kappa shape index (κ1) is 13.0. The third-order valence-electron chi connectivity index (χ3n) is 3.84. The topological polar surface area (TPSA) is 75.4 Å². The van der Waals surface area contributed by atoms with Crippen LogP contribution in [0.5, 0.6) is 0 Å². The Hall–Kier alpha value is -1.47. The molecule has 18 heavy (non-hydrogen) atoms. The Kier molecular flexibility index (Phi) is 2.71. The summed E-state index contributed by atoms with van der Waals surface area (Å²) in [6.45, 7) is 1.70. The van der Waals surface area contributed by atoms with Gasteiger partial charge in [-0.1, -0.05) is 0 Å². The van der Waals surface area contributed by atoms with Gasteiger partial charge in [0.15, 0.2) is 0 Å². The quantitative estimate of drug-likeness (QED) is 0.722. The lowest BCUT2D eigenvalue weighted by Crippen LogP contribution is -2.67. The van der Waals surface area contributed by atoms with Gasteiger partial charge in [0, 0.05) is 19.0 Å². The van der Waals surface area contributed by atoms with Crippen LogP contribution in [0.4, 0.5) is 18.0 Å². The van der Waals surface area contributed by atoms with Gasteiger partial charge in [-0.25, -0.2) is 4.79 Å². The highest BCUT2D eigenvalue weighted by Gasteiger charge is 2.67. The first-order valence-corrected chi connectivity index (χ1v) is 5.61. The average molecular weight is 265 g/mol. The van der Waals surface area contributed by atoms with Crippen LogP contribution in [0.15, 0.2) is 0 Å². The highest BCUT2D eigenvalue weighted by atomic mass is 19.4. The second-order valence-corrected chi connectivity index (χ2v) is 4.88. The Labute approximate surface area is 101 Å². The predicted octanol–water partition coefficient (Wildman–Crippen LogP) is 0.454. The van der Waals surface area contributed by atoms with Gasteiger partial charge >= 0.3 is 12.2 Å². The van der Waals surface area contributed by atoms with Crippen molar-refractivity contribution >= 4 is 11.9 Å². The molecule has 2 fully saturated rings. The molecule has 1 unspecified atom stereocenters. The van der Waals surface area contributed by atoms with Crippen LogP contribution in [0.1, 0.15) is 13.3 Å². The lowest BCUT2D eigenvalue weighted by atomic mass is 9.89. The molecule has 3 amide bonds. The summed E-state index contributed by atoms with van der Waals surface area (Å²) in [6.07, 6.45) is -4.48. The number of piperazine rings is 1. The van der Waals surface area contributed by atoms with Crippen LogP contribution in [0, 0.1) is 11.8 Å². The third kappa shape index (κ3) is 1.79. The van der Waals surface area contributed by atoms with Crippen molar-refractivity contribution in [3.63, 3.8) is 0 Å². The fourth-order valence-corrected chi connectivity index (χ4v) is 2.70. The summed E-state index contributed by atoms with van der Waals surface area (Å²) in [5.74, 6) is -3.01. The summed E-state index contributed by atoms with van der Waals surface area (Å²) < 4.78 is 37.8. The number of nitrogens with zero attached hydrogens (tertiary/aromatic N) is 1. The fourth-order valence-electron chi connectivity index (χ4n) is 2.70. The van der Waals surface area contributed by atoms with E-state index in [1.807, 2.05) is 0 Å². The van der Waals surface area contributed by atoms with E-state index >= 15 is 0 Å². The Balaban J connectivity index is 2.26. The molecule has 8 heteroatoms. The van der Waals surface area contributed by atoms with Gasteiger partial charge in [-0.2, -0.15) is 13.2 Å². The molecule has 2 aliphatic rings. The van der Waals surface area contributed by atoms with Crippen molar-refractivity contribution in [3.8, 4) is 0 Å². The zero-order chi connectivity index (χ0) is 13.7. The second kappa shape index (κ2) is 3.76. The molecule has 0 aromatic heterocycles. The van der Waals surface area contributed by atoms with Crippen molar-refractivity contribution in [1.29, 1.82) is 0 Å². The van der Waals surface area contributed by atoms with E-state index in [0.717, 1.165) is 4.90 Å². The van der Waals surface area contributed by atoms with E-state index in [1.165, 1.54) is 6.92 Å². The summed E-state index contributed by atoms with van der Waals surface area (Å²) in [5.41, 5.74) is 3.66. The number of hydrogen-bond acceptors (Lipinski definition) is 2. The highest BCUT2D eigenvalue weighted by molar-refractivity contribution is 5.92. The Bertz CT molecular complexity index is 398. The molecule has 0 spiro atoms. The molecule has 0 radical (unpaired) electrons.